The van der Waals surface area contributed by atoms with Gasteiger partial charge in [-0.05, 0) is 24.3 Å². The summed E-state index contributed by atoms with van der Waals surface area (Å²) >= 11 is 0. The number of nitrogens with zero attached hydrogens (tertiary/aromatic N) is 3. The van der Waals surface area contributed by atoms with E-state index in [9.17, 15) is 0 Å². The van der Waals surface area contributed by atoms with E-state index in [2.05, 4.69) is 20.9 Å². The number of ether oxygens (including phenoxy) is 1. The highest BCUT2D eigenvalue weighted by molar-refractivity contribution is 5.86. The van der Waals surface area contributed by atoms with E-state index in [4.69, 9.17) is 4.74 Å². The van der Waals surface area contributed by atoms with Crippen molar-refractivity contribution in [3.63, 3.8) is 0 Å². The SMILES string of the molecule is COc1nc(-c2ccccc2N(C)C)nc2ccccc12. The Balaban J connectivity index is 2.26. The molecule has 0 saturated carbocycles. The summed E-state index contributed by atoms with van der Waals surface area (Å²) < 4.78 is 5.43. The molecule has 0 fully saturated rings. The zero-order chi connectivity index (χ0) is 14.8. The van der Waals surface area contributed by atoms with Crippen molar-refractivity contribution >= 4 is 16.6 Å². The molecule has 1 heterocycles. The quantitative estimate of drug-likeness (QED) is 0.736. The van der Waals surface area contributed by atoms with E-state index in [0.29, 0.717) is 11.7 Å². The third-order valence-electron chi connectivity index (χ3n) is 3.39. The minimum absolute atomic E-state index is 0.601. The predicted octanol–water partition coefficient (Wildman–Crippen LogP) is 3.37. The fourth-order valence-corrected chi connectivity index (χ4v) is 2.38. The fourth-order valence-electron chi connectivity index (χ4n) is 2.38. The van der Waals surface area contributed by atoms with Gasteiger partial charge in [0.05, 0.1) is 18.0 Å². The standard InChI is InChI=1S/C17H17N3O/c1-20(2)15-11-7-5-9-13(15)16-18-14-10-6-4-8-12(14)17(19-16)21-3/h4-11H,1-3H3. The van der Waals surface area contributed by atoms with Crippen LogP contribution < -0.4 is 9.64 Å². The predicted molar refractivity (Wildman–Crippen MR) is 85.9 cm³/mol. The summed E-state index contributed by atoms with van der Waals surface area (Å²) in [5.74, 6) is 1.28. The molecule has 0 saturated heterocycles. The number of fused-ring (bicyclic) bond motifs is 1. The van der Waals surface area contributed by atoms with E-state index in [1.807, 2.05) is 56.6 Å². The van der Waals surface area contributed by atoms with E-state index in [-0.39, 0.29) is 0 Å². The second-order valence-electron chi connectivity index (χ2n) is 4.99. The van der Waals surface area contributed by atoms with Crippen molar-refractivity contribution < 1.29 is 4.74 Å². The number of anilines is 1. The van der Waals surface area contributed by atoms with Gasteiger partial charge in [0.1, 0.15) is 0 Å². The molecule has 0 radical (unpaired) electrons. The van der Waals surface area contributed by atoms with E-state index >= 15 is 0 Å². The lowest BCUT2D eigenvalue weighted by Gasteiger charge is -2.17. The number of hydrogen-bond donors (Lipinski definition) is 0. The Morgan fingerprint density at radius 1 is 0.905 bits per heavy atom. The number of hydrogen-bond acceptors (Lipinski definition) is 4. The van der Waals surface area contributed by atoms with Crippen LogP contribution in [-0.4, -0.2) is 31.2 Å². The van der Waals surface area contributed by atoms with Crippen molar-refractivity contribution in [1.29, 1.82) is 0 Å². The third-order valence-corrected chi connectivity index (χ3v) is 3.39. The molecule has 0 amide bonds. The maximum absolute atomic E-state index is 5.43. The molecule has 0 N–H and O–H groups in total. The van der Waals surface area contributed by atoms with E-state index < -0.39 is 0 Å². The molecule has 2 aromatic carbocycles. The maximum atomic E-state index is 5.43. The van der Waals surface area contributed by atoms with Crippen LogP contribution in [0.1, 0.15) is 0 Å². The van der Waals surface area contributed by atoms with Crippen LogP contribution in [0.5, 0.6) is 5.88 Å². The summed E-state index contributed by atoms with van der Waals surface area (Å²) in [5.41, 5.74) is 2.95. The van der Waals surface area contributed by atoms with E-state index in [1.165, 1.54) is 0 Å². The van der Waals surface area contributed by atoms with Crippen molar-refractivity contribution in [3.8, 4) is 17.3 Å². The van der Waals surface area contributed by atoms with Crippen molar-refractivity contribution in [3.05, 3.63) is 48.5 Å². The zero-order valence-corrected chi connectivity index (χ0v) is 12.4. The molecule has 4 nitrogen and oxygen atoms in total. The second-order valence-corrected chi connectivity index (χ2v) is 4.99. The Hall–Kier alpha value is -2.62. The summed E-state index contributed by atoms with van der Waals surface area (Å²) in [4.78, 5) is 11.3. The Morgan fingerprint density at radius 2 is 1.62 bits per heavy atom. The van der Waals surface area contributed by atoms with Gasteiger partial charge >= 0.3 is 0 Å². The van der Waals surface area contributed by atoms with Gasteiger partial charge in [0.25, 0.3) is 0 Å². The van der Waals surface area contributed by atoms with Gasteiger partial charge in [0.15, 0.2) is 5.82 Å². The summed E-state index contributed by atoms with van der Waals surface area (Å²) in [6.45, 7) is 0. The lowest BCUT2D eigenvalue weighted by atomic mass is 10.1. The molecule has 0 aliphatic carbocycles. The Morgan fingerprint density at radius 3 is 2.38 bits per heavy atom. The molecule has 0 bridgehead atoms. The molecule has 3 rings (SSSR count). The van der Waals surface area contributed by atoms with Gasteiger partial charge in [0.2, 0.25) is 5.88 Å². The molecular weight excluding hydrogens is 262 g/mol. The average Bonchev–Trinajstić information content (AvgIpc) is 2.53. The van der Waals surface area contributed by atoms with Crippen LogP contribution in [0.25, 0.3) is 22.3 Å². The highest BCUT2D eigenvalue weighted by Gasteiger charge is 2.13. The molecule has 0 atom stereocenters. The summed E-state index contributed by atoms with van der Waals surface area (Å²) in [7, 11) is 5.66. The van der Waals surface area contributed by atoms with Crippen LogP contribution in [0.15, 0.2) is 48.5 Å². The maximum Gasteiger partial charge on any atom is 0.224 e. The first-order valence-corrected chi connectivity index (χ1v) is 6.78. The summed E-state index contributed by atoms with van der Waals surface area (Å²) in [6.07, 6.45) is 0. The van der Waals surface area contributed by atoms with E-state index in [1.54, 1.807) is 7.11 Å². The minimum atomic E-state index is 0.601. The van der Waals surface area contributed by atoms with Crippen molar-refractivity contribution in [2.75, 3.05) is 26.1 Å². The molecule has 0 spiro atoms. The highest BCUT2D eigenvalue weighted by Crippen LogP contribution is 2.31. The van der Waals surface area contributed by atoms with Crippen LogP contribution in [0.3, 0.4) is 0 Å². The zero-order valence-electron chi connectivity index (χ0n) is 12.4. The Labute approximate surface area is 124 Å². The number of aromatic nitrogens is 2. The topological polar surface area (TPSA) is 38.2 Å². The van der Waals surface area contributed by atoms with Crippen molar-refractivity contribution in [2.24, 2.45) is 0 Å². The normalized spacial score (nSPS) is 10.6. The van der Waals surface area contributed by atoms with Crippen LogP contribution >= 0.6 is 0 Å². The molecule has 0 aliphatic heterocycles. The van der Waals surface area contributed by atoms with Gasteiger partial charge in [0, 0.05) is 25.3 Å². The summed E-state index contributed by atoms with van der Waals surface area (Å²) in [6, 6.07) is 16.0. The van der Waals surface area contributed by atoms with Gasteiger partial charge in [-0.3, -0.25) is 0 Å². The molecular formula is C17H17N3O. The van der Waals surface area contributed by atoms with Gasteiger partial charge in [-0.25, -0.2) is 4.98 Å². The summed E-state index contributed by atoms with van der Waals surface area (Å²) in [5, 5.41) is 0.922. The van der Waals surface area contributed by atoms with Crippen molar-refractivity contribution in [2.45, 2.75) is 0 Å². The molecule has 4 heteroatoms. The van der Waals surface area contributed by atoms with Crippen LogP contribution in [0.4, 0.5) is 5.69 Å². The second kappa shape index (κ2) is 5.40. The van der Waals surface area contributed by atoms with Gasteiger partial charge in [-0.2, -0.15) is 4.98 Å². The Bertz CT molecular complexity index is 784. The van der Waals surface area contributed by atoms with Crippen molar-refractivity contribution in [1.82, 2.24) is 9.97 Å². The molecule has 106 valence electrons. The average molecular weight is 279 g/mol. The lowest BCUT2D eigenvalue weighted by molar-refractivity contribution is 0.403. The lowest BCUT2D eigenvalue weighted by Crippen LogP contribution is -2.10. The first-order chi connectivity index (χ1) is 10.2. The molecule has 1 aromatic heterocycles. The Kier molecular flexibility index (Phi) is 3.44. The minimum Gasteiger partial charge on any atom is -0.480 e. The van der Waals surface area contributed by atoms with E-state index in [0.717, 1.165) is 22.2 Å². The van der Waals surface area contributed by atoms with Crippen LogP contribution in [0.2, 0.25) is 0 Å². The monoisotopic (exact) mass is 279 g/mol. The fraction of sp³-hybridized carbons (Fsp3) is 0.176. The largest absolute Gasteiger partial charge is 0.480 e. The number of benzene rings is 2. The van der Waals surface area contributed by atoms with Gasteiger partial charge < -0.3 is 9.64 Å². The molecule has 21 heavy (non-hydrogen) atoms. The molecule has 3 aromatic rings. The van der Waals surface area contributed by atoms with Crippen LogP contribution in [0, 0.1) is 0 Å². The number of methoxy groups -OCH3 is 1. The first kappa shape index (κ1) is 13.4. The smallest absolute Gasteiger partial charge is 0.224 e. The molecule has 0 unspecified atom stereocenters. The highest BCUT2D eigenvalue weighted by atomic mass is 16.5. The number of rotatable bonds is 3. The van der Waals surface area contributed by atoms with Gasteiger partial charge in [-0.15, -0.1) is 0 Å². The van der Waals surface area contributed by atoms with Gasteiger partial charge in [-0.1, -0.05) is 24.3 Å². The van der Waals surface area contributed by atoms with Crippen LogP contribution in [-0.2, 0) is 0 Å². The third kappa shape index (κ3) is 2.40. The number of para-hydroxylation sites is 2. The first-order valence-electron chi connectivity index (χ1n) is 6.78. The molecule has 0 aliphatic rings.